The van der Waals surface area contributed by atoms with E-state index in [1.165, 1.54) is 0 Å². The largest absolute Gasteiger partial charge is 0.479 e. The van der Waals surface area contributed by atoms with Crippen molar-refractivity contribution >= 4 is 17.9 Å². The molecule has 454 valence electrons. The summed E-state index contributed by atoms with van der Waals surface area (Å²) in [6.07, 6.45) is -21.9. The summed E-state index contributed by atoms with van der Waals surface area (Å²) in [4.78, 5) is 40.3. The minimum absolute atomic E-state index is 0.0864. The Morgan fingerprint density at radius 2 is 1.19 bits per heavy atom. The smallest absolute Gasteiger partial charge is 0.335 e. The van der Waals surface area contributed by atoms with E-state index >= 15 is 0 Å². The maximum Gasteiger partial charge on any atom is 0.335 e. The number of aliphatic hydroxyl groups is 11. The molecule has 8 rings (SSSR count). The molecule has 0 aromatic rings. The van der Waals surface area contributed by atoms with Gasteiger partial charge in [0.1, 0.15) is 67.1 Å². The van der Waals surface area contributed by atoms with Crippen LogP contribution in [0.3, 0.4) is 0 Å². The van der Waals surface area contributed by atoms with Gasteiger partial charge in [0.25, 0.3) is 0 Å². The van der Waals surface area contributed by atoms with Crippen molar-refractivity contribution in [3.8, 4) is 0 Å². The SMILES string of the molecule is C/C=C(/C)C(=O)O[C@H]1[C@H](OC(=O)/C(C)=C\C)[C@]2(CO)[C@H](O)C[C@]3(C)C(=CC[C@@H]4[C@@]5(C)CC[C@H](O[C@@H]6O[C@H](C(=O)O)[C@@H](O)[C@H](O[C@@H]7O[C@@H](CO)[C@H](O)[C@H]7O)[C@H]6O[C@@H]6O[C@H](CO)[C@@H](O)[C@H](O)[C@H]6O)[C@](C)(CO)[C@@H]5CC[C@]43C)[C@@H]2CC1(C)C. The Kier molecular flexibility index (Phi) is 18.2. The van der Waals surface area contributed by atoms with E-state index in [1.54, 1.807) is 39.8 Å². The van der Waals surface area contributed by atoms with Gasteiger partial charge in [-0.25, -0.2) is 14.4 Å². The Hall–Kier alpha value is -3.05. The molecular weight excluding hydrogens is 1050 g/mol. The second kappa shape index (κ2) is 23.1. The number of allylic oxidation sites excluding steroid dienone is 4. The molecule has 12 N–H and O–H groups in total. The maximum absolute atomic E-state index is 13.8. The Morgan fingerprint density at radius 1 is 0.637 bits per heavy atom. The summed E-state index contributed by atoms with van der Waals surface area (Å²) in [6.45, 7) is 16.4. The van der Waals surface area contributed by atoms with Gasteiger partial charge in [-0.1, -0.05) is 65.3 Å². The molecule has 4 saturated carbocycles. The second-order valence-corrected chi connectivity index (χ2v) is 25.8. The van der Waals surface area contributed by atoms with Gasteiger partial charge in [0.15, 0.2) is 31.1 Å². The summed E-state index contributed by atoms with van der Waals surface area (Å²) in [7, 11) is 0. The Bertz CT molecular complexity index is 2380. The van der Waals surface area contributed by atoms with Crippen LogP contribution in [0.15, 0.2) is 34.9 Å². The number of ether oxygens (including phenoxy) is 8. The van der Waals surface area contributed by atoms with Crippen LogP contribution in [0.2, 0.25) is 0 Å². The minimum Gasteiger partial charge on any atom is -0.479 e. The van der Waals surface area contributed by atoms with Crippen molar-refractivity contribution in [3.05, 3.63) is 34.9 Å². The van der Waals surface area contributed by atoms with Crippen LogP contribution in [-0.2, 0) is 52.3 Å². The maximum atomic E-state index is 13.8. The molecule has 0 bridgehead atoms. The standard InChI is InChI=1S/C57H88O23/c1-11-25(3)47(71)79-44-45(80-48(72)26(4)12-2)57(24-61)28(19-52(44,5)6)27-13-14-32-53(7)17-16-34(54(8,23-60)31(53)15-18-55(32,9)56(27,10)20-33(57)62)75-51-43(78-50-39(67)37(65)35(63)29(21-58)73-50)41(40(68)42(77-51)46(69)70)76-49-38(66)36(64)30(22-59)74-49/h11-13,28-45,49-51,58-68H,14-24H2,1-10H3,(H,69,70)/b25-11-,26-12-/t28-,29+,30-,31+,32+,33+,34-,35+,36-,37-,38+,39+,40-,41-,42-,43+,44-,45-,49-,50-,51+,53-,54+,55+,56+,57-/m0/s1. The number of fused-ring (bicyclic) bond motifs is 7. The average Bonchev–Trinajstić information content (AvgIpc) is 3.83. The normalized spacial score (nSPS) is 49.3. The summed E-state index contributed by atoms with van der Waals surface area (Å²) < 4.78 is 49.0. The molecule has 0 aromatic heterocycles. The molecule has 0 spiro atoms. The van der Waals surface area contributed by atoms with Gasteiger partial charge in [-0.2, -0.15) is 0 Å². The van der Waals surface area contributed by atoms with Crippen molar-refractivity contribution < 1.29 is 114 Å². The first-order valence-electron chi connectivity index (χ1n) is 28.2. The molecule has 3 aliphatic heterocycles. The first-order chi connectivity index (χ1) is 37.5. The number of esters is 2. The highest BCUT2D eigenvalue weighted by Gasteiger charge is 2.74. The molecule has 0 amide bonds. The number of carboxylic acids is 1. The predicted molar refractivity (Wildman–Crippen MR) is 277 cm³/mol. The van der Waals surface area contributed by atoms with Gasteiger partial charge in [0.05, 0.1) is 44.1 Å². The molecule has 7 fully saturated rings. The van der Waals surface area contributed by atoms with Gasteiger partial charge in [0, 0.05) is 22.0 Å². The zero-order chi connectivity index (χ0) is 59.1. The third kappa shape index (κ3) is 9.95. The highest BCUT2D eigenvalue weighted by Crippen LogP contribution is 2.76. The van der Waals surface area contributed by atoms with Crippen LogP contribution in [0.1, 0.15) is 114 Å². The summed E-state index contributed by atoms with van der Waals surface area (Å²) >= 11 is 0. The zero-order valence-electron chi connectivity index (χ0n) is 47.5. The third-order valence-corrected chi connectivity index (χ3v) is 21.4. The molecular formula is C57H88O23. The number of carbonyl (C=O) groups excluding carboxylic acids is 2. The molecule has 3 heterocycles. The predicted octanol–water partition coefficient (Wildman–Crippen LogP) is 0.264. The van der Waals surface area contributed by atoms with Crippen LogP contribution < -0.4 is 0 Å². The number of hydrogen-bond donors (Lipinski definition) is 12. The summed E-state index contributed by atoms with van der Waals surface area (Å²) in [5.74, 6) is -3.87. The summed E-state index contributed by atoms with van der Waals surface area (Å²) in [5, 5.41) is 133. The molecule has 5 aliphatic carbocycles. The van der Waals surface area contributed by atoms with Gasteiger partial charge in [-0.15, -0.1) is 0 Å². The van der Waals surface area contributed by atoms with Gasteiger partial charge in [-0.05, 0) is 107 Å². The first kappa shape index (κ1) is 63.0. The van der Waals surface area contributed by atoms with Crippen molar-refractivity contribution in [3.63, 3.8) is 0 Å². The number of hydrogen-bond acceptors (Lipinski definition) is 22. The van der Waals surface area contributed by atoms with Crippen LogP contribution in [0, 0.1) is 50.2 Å². The molecule has 23 nitrogen and oxygen atoms in total. The quantitative estimate of drug-likeness (QED) is 0.0453. The molecule has 80 heavy (non-hydrogen) atoms. The van der Waals surface area contributed by atoms with E-state index in [1.807, 2.05) is 20.8 Å². The average molecular weight is 1140 g/mol. The number of carboxylic acid groups (broad SMARTS) is 1. The molecule has 8 aliphatic rings. The van der Waals surface area contributed by atoms with Crippen molar-refractivity contribution in [2.24, 2.45) is 50.2 Å². The molecule has 0 unspecified atom stereocenters. The Labute approximate surface area is 466 Å². The Morgan fingerprint density at radius 3 is 1.73 bits per heavy atom. The third-order valence-electron chi connectivity index (χ3n) is 21.4. The lowest BCUT2D eigenvalue weighted by molar-refractivity contribution is -0.387. The van der Waals surface area contributed by atoms with E-state index in [4.69, 9.17) is 37.9 Å². The number of aliphatic hydroxyl groups excluding tert-OH is 11. The van der Waals surface area contributed by atoms with Crippen molar-refractivity contribution in [1.29, 1.82) is 0 Å². The number of rotatable bonds is 15. The summed E-state index contributed by atoms with van der Waals surface area (Å²) in [5.41, 5.74) is -3.55. The fourth-order valence-electron chi connectivity index (χ4n) is 16.2. The van der Waals surface area contributed by atoms with Crippen LogP contribution in [0.25, 0.3) is 0 Å². The minimum atomic E-state index is -2.15. The highest BCUT2D eigenvalue weighted by molar-refractivity contribution is 5.89. The lowest BCUT2D eigenvalue weighted by Crippen LogP contribution is -2.72. The van der Waals surface area contributed by atoms with Crippen molar-refractivity contribution in [2.75, 3.05) is 26.4 Å². The van der Waals surface area contributed by atoms with Gasteiger partial charge >= 0.3 is 17.9 Å². The van der Waals surface area contributed by atoms with Crippen molar-refractivity contribution in [1.82, 2.24) is 0 Å². The number of aliphatic carboxylic acids is 1. The lowest BCUT2D eigenvalue weighted by atomic mass is 9.33. The van der Waals surface area contributed by atoms with E-state index in [0.29, 0.717) is 43.3 Å². The Balaban J connectivity index is 1.14. The van der Waals surface area contributed by atoms with Crippen LogP contribution in [0.5, 0.6) is 0 Å². The molecule has 0 radical (unpaired) electrons. The topological polar surface area (TPSA) is 368 Å². The zero-order valence-corrected chi connectivity index (χ0v) is 47.5. The molecule has 23 heteroatoms. The fraction of sp³-hybridized carbons (Fsp3) is 0.842. The van der Waals surface area contributed by atoms with E-state index in [9.17, 15) is 75.7 Å². The first-order valence-corrected chi connectivity index (χ1v) is 28.2. The van der Waals surface area contributed by atoms with E-state index in [-0.39, 0.29) is 24.7 Å². The van der Waals surface area contributed by atoms with Crippen molar-refractivity contribution in [2.45, 2.75) is 225 Å². The monoisotopic (exact) mass is 1140 g/mol. The number of carbonyl (C=O) groups is 3. The van der Waals surface area contributed by atoms with Gasteiger partial charge in [-0.3, -0.25) is 0 Å². The van der Waals surface area contributed by atoms with E-state index in [0.717, 1.165) is 5.57 Å². The molecule has 3 saturated heterocycles. The highest BCUT2D eigenvalue weighted by atomic mass is 16.8. The molecule has 26 atom stereocenters. The second-order valence-electron chi connectivity index (χ2n) is 25.8. The van der Waals surface area contributed by atoms with E-state index < -0.39 is 193 Å². The van der Waals surface area contributed by atoms with Gasteiger partial charge < -0.3 is 99.2 Å². The summed E-state index contributed by atoms with van der Waals surface area (Å²) in [6, 6.07) is 0. The van der Waals surface area contributed by atoms with Crippen LogP contribution in [0.4, 0.5) is 0 Å². The lowest BCUT2D eigenvalue weighted by Gasteiger charge is -2.72. The van der Waals surface area contributed by atoms with Crippen LogP contribution in [-0.4, -0.2) is 216 Å². The molecule has 0 aromatic carbocycles. The van der Waals surface area contributed by atoms with Gasteiger partial charge in [0.2, 0.25) is 0 Å². The fourth-order valence-corrected chi connectivity index (χ4v) is 16.2. The van der Waals surface area contributed by atoms with Crippen LogP contribution >= 0.6 is 0 Å². The van der Waals surface area contributed by atoms with E-state index in [2.05, 4.69) is 26.8 Å².